The molecule has 138 valence electrons. The van der Waals surface area contributed by atoms with E-state index in [1.165, 1.54) is 11.3 Å². The van der Waals surface area contributed by atoms with Crippen LogP contribution in [0, 0.1) is 0 Å². The third-order valence-corrected chi connectivity index (χ3v) is 5.92. The monoisotopic (exact) mass is 370 g/mol. The van der Waals surface area contributed by atoms with Gasteiger partial charge in [0.2, 0.25) is 5.91 Å². The van der Waals surface area contributed by atoms with Gasteiger partial charge in [0.25, 0.3) is 0 Å². The highest BCUT2D eigenvalue weighted by molar-refractivity contribution is 7.99. The summed E-state index contributed by atoms with van der Waals surface area (Å²) in [6, 6.07) is 18.4. The average molecular weight is 371 g/mol. The van der Waals surface area contributed by atoms with Gasteiger partial charge in [-0.3, -0.25) is 4.79 Å². The Morgan fingerprint density at radius 1 is 1.04 bits per heavy atom. The van der Waals surface area contributed by atoms with Crippen molar-refractivity contribution in [1.82, 2.24) is 4.90 Å². The van der Waals surface area contributed by atoms with Crippen LogP contribution >= 0.6 is 11.8 Å². The van der Waals surface area contributed by atoms with Gasteiger partial charge in [-0.2, -0.15) is 0 Å². The van der Waals surface area contributed by atoms with Crippen LogP contribution in [0.2, 0.25) is 0 Å². The molecule has 1 atom stereocenters. The number of carbonyl (C=O) groups excluding carboxylic acids is 1. The first-order valence-electron chi connectivity index (χ1n) is 9.00. The molecule has 0 saturated carbocycles. The number of thioether (sulfide) groups is 1. The summed E-state index contributed by atoms with van der Waals surface area (Å²) in [5.74, 6) is 1.99. The first-order chi connectivity index (χ1) is 12.7. The topological polar surface area (TPSA) is 32.8 Å². The maximum Gasteiger partial charge on any atom is 0.235 e. The van der Waals surface area contributed by atoms with Crippen LogP contribution < -0.4 is 9.64 Å². The van der Waals surface area contributed by atoms with Crippen LogP contribution in [-0.2, 0) is 10.5 Å². The second-order valence-electron chi connectivity index (χ2n) is 6.45. The maximum absolute atomic E-state index is 12.7. The summed E-state index contributed by atoms with van der Waals surface area (Å²) in [6.07, 6.45) is 0. The number of carbonyl (C=O) groups is 1. The lowest BCUT2D eigenvalue weighted by molar-refractivity contribution is -0.130. The molecule has 2 aromatic carbocycles. The van der Waals surface area contributed by atoms with Crippen LogP contribution in [-0.4, -0.2) is 49.3 Å². The zero-order valence-corrected chi connectivity index (χ0v) is 16.2. The molecule has 0 spiro atoms. The third-order valence-electron chi connectivity index (χ3n) is 4.72. The number of hydrogen-bond acceptors (Lipinski definition) is 4. The molecule has 1 saturated heterocycles. The normalized spacial score (nSPS) is 15.6. The predicted molar refractivity (Wildman–Crippen MR) is 109 cm³/mol. The van der Waals surface area contributed by atoms with Gasteiger partial charge in [0, 0.05) is 37.6 Å². The first kappa shape index (κ1) is 18.6. The van der Waals surface area contributed by atoms with E-state index in [-0.39, 0.29) is 11.2 Å². The molecule has 3 rings (SSSR count). The van der Waals surface area contributed by atoms with E-state index in [0.29, 0.717) is 0 Å². The lowest BCUT2D eigenvalue weighted by Gasteiger charge is -2.37. The second-order valence-corrected chi connectivity index (χ2v) is 7.78. The average Bonchev–Trinajstić information content (AvgIpc) is 2.72. The van der Waals surface area contributed by atoms with E-state index >= 15 is 0 Å². The van der Waals surface area contributed by atoms with Crippen molar-refractivity contribution >= 4 is 23.4 Å². The van der Waals surface area contributed by atoms with Gasteiger partial charge >= 0.3 is 0 Å². The summed E-state index contributed by atoms with van der Waals surface area (Å²) < 4.78 is 5.21. The Labute approximate surface area is 160 Å². The lowest BCUT2D eigenvalue weighted by atomic mass is 10.2. The van der Waals surface area contributed by atoms with Crippen LogP contribution in [0.3, 0.4) is 0 Å². The molecular weight excluding hydrogens is 344 g/mol. The van der Waals surface area contributed by atoms with Crippen LogP contribution in [0.25, 0.3) is 0 Å². The summed E-state index contributed by atoms with van der Waals surface area (Å²) in [6.45, 7) is 5.32. The third kappa shape index (κ3) is 4.73. The van der Waals surface area contributed by atoms with Gasteiger partial charge in [-0.05, 0) is 36.8 Å². The Morgan fingerprint density at radius 2 is 1.69 bits per heavy atom. The molecule has 0 radical (unpaired) electrons. The van der Waals surface area contributed by atoms with E-state index in [1.54, 1.807) is 18.9 Å². The lowest BCUT2D eigenvalue weighted by Crippen LogP contribution is -2.50. The van der Waals surface area contributed by atoms with E-state index in [4.69, 9.17) is 4.74 Å². The Morgan fingerprint density at radius 3 is 2.31 bits per heavy atom. The molecule has 0 unspecified atom stereocenters. The number of nitrogens with zero attached hydrogens (tertiary/aromatic N) is 2. The largest absolute Gasteiger partial charge is 0.497 e. The number of anilines is 1. The number of ether oxygens (including phenoxy) is 1. The summed E-state index contributed by atoms with van der Waals surface area (Å²) in [7, 11) is 1.68. The molecule has 5 heteroatoms. The summed E-state index contributed by atoms with van der Waals surface area (Å²) in [4.78, 5) is 17.0. The number of piperazine rings is 1. The Hall–Kier alpha value is -2.14. The van der Waals surface area contributed by atoms with E-state index in [0.717, 1.165) is 37.7 Å². The van der Waals surface area contributed by atoms with E-state index in [9.17, 15) is 4.79 Å². The zero-order valence-electron chi connectivity index (χ0n) is 15.4. The maximum atomic E-state index is 12.7. The van der Waals surface area contributed by atoms with Crippen molar-refractivity contribution < 1.29 is 9.53 Å². The number of benzene rings is 2. The molecule has 0 bridgehead atoms. The van der Waals surface area contributed by atoms with Gasteiger partial charge in [-0.1, -0.05) is 30.3 Å². The van der Waals surface area contributed by atoms with Crippen molar-refractivity contribution in [3.8, 4) is 5.75 Å². The Bertz CT molecular complexity index is 698. The summed E-state index contributed by atoms with van der Waals surface area (Å²) in [5, 5.41) is -0.0113. The SMILES string of the molecule is COc1ccc(N2CCN(C(=O)[C@H](C)SCc3ccccc3)CC2)cc1. The molecular formula is C21H26N2O2S. The predicted octanol–water partition coefficient (Wildman–Crippen LogP) is 3.67. The molecule has 1 aliphatic heterocycles. The second kappa shape index (κ2) is 8.99. The quantitative estimate of drug-likeness (QED) is 0.777. The Balaban J connectivity index is 1.48. The van der Waals surface area contributed by atoms with Gasteiger partial charge < -0.3 is 14.5 Å². The summed E-state index contributed by atoms with van der Waals surface area (Å²) in [5.41, 5.74) is 2.45. The molecule has 4 nitrogen and oxygen atoms in total. The standard InChI is InChI=1S/C21H26N2O2S/c1-17(26-16-18-6-4-3-5-7-18)21(24)23-14-12-22(13-15-23)19-8-10-20(25-2)11-9-19/h3-11,17H,12-16H2,1-2H3/t17-/m0/s1. The van der Waals surface area contributed by atoms with E-state index < -0.39 is 0 Å². The minimum Gasteiger partial charge on any atom is -0.497 e. The minimum absolute atomic E-state index is 0.0113. The number of hydrogen-bond donors (Lipinski definition) is 0. The van der Waals surface area contributed by atoms with Crippen LogP contribution in [0.4, 0.5) is 5.69 Å². The number of methoxy groups -OCH3 is 1. The highest BCUT2D eigenvalue weighted by Gasteiger charge is 2.25. The number of amides is 1. The first-order valence-corrected chi connectivity index (χ1v) is 10.1. The van der Waals surface area contributed by atoms with Gasteiger partial charge in [0.05, 0.1) is 12.4 Å². The molecule has 0 aliphatic carbocycles. The molecule has 0 N–H and O–H groups in total. The van der Waals surface area contributed by atoms with Crippen molar-refractivity contribution in [1.29, 1.82) is 0 Å². The van der Waals surface area contributed by atoms with Gasteiger partial charge in [-0.15, -0.1) is 11.8 Å². The van der Waals surface area contributed by atoms with Crippen molar-refractivity contribution in [2.75, 3.05) is 38.2 Å². The fraction of sp³-hybridized carbons (Fsp3) is 0.381. The van der Waals surface area contributed by atoms with Crippen LogP contribution in [0.1, 0.15) is 12.5 Å². The van der Waals surface area contributed by atoms with Gasteiger partial charge in [-0.25, -0.2) is 0 Å². The molecule has 1 fully saturated rings. The summed E-state index contributed by atoms with van der Waals surface area (Å²) >= 11 is 1.71. The number of rotatable bonds is 6. The molecule has 1 amide bonds. The van der Waals surface area contributed by atoms with Crippen LogP contribution in [0.15, 0.2) is 54.6 Å². The van der Waals surface area contributed by atoms with Gasteiger partial charge in [0.1, 0.15) is 5.75 Å². The van der Waals surface area contributed by atoms with Crippen molar-refractivity contribution in [3.05, 3.63) is 60.2 Å². The van der Waals surface area contributed by atoms with E-state index in [2.05, 4.69) is 29.2 Å². The van der Waals surface area contributed by atoms with Crippen molar-refractivity contribution in [3.63, 3.8) is 0 Å². The fourth-order valence-corrected chi connectivity index (χ4v) is 4.03. The van der Waals surface area contributed by atoms with E-state index in [1.807, 2.05) is 42.2 Å². The highest BCUT2D eigenvalue weighted by Crippen LogP contribution is 2.23. The minimum atomic E-state index is -0.0113. The molecule has 1 aliphatic rings. The zero-order chi connectivity index (χ0) is 18.4. The molecule has 26 heavy (non-hydrogen) atoms. The fourth-order valence-electron chi connectivity index (χ4n) is 3.10. The smallest absolute Gasteiger partial charge is 0.235 e. The molecule has 2 aromatic rings. The Kier molecular flexibility index (Phi) is 6.45. The molecule has 0 aromatic heterocycles. The van der Waals surface area contributed by atoms with Crippen LogP contribution in [0.5, 0.6) is 5.75 Å². The van der Waals surface area contributed by atoms with Crippen molar-refractivity contribution in [2.24, 2.45) is 0 Å². The highest BCUT2D eigenvalue weighted by atomic mass is 32.2. The van der Waals surface area contributed by atoms with Crippen molar-refractivity contribution in [2.45, 2.75) is 17.9 Å². The molecule has 1 heterocycles. The van der Waals surface area contributed by atoms with Gasteiger partial charge in [0.15, 0.2) is 0 Å².